The number of hydrogen-bond acceptors (Lipinski definition) is 5. The van der Waals surface area contributed by atoms with Gasteiger partial charge in [-0.2, -0.15) is 16.5 Å². The highest BCUT2D eigenvalue weighted by atomic mass is 32.2. The van der Waals surface area contributed by atoms with E-state index in [1.165, 1.54) is 17.4 Å². The van der Waals surface area contributed by atoms with Crippen LogP contribution in [0.3, 0.4) is 0 Å². The van der Waals surface area contributed by atoms with E-state index in [1.807, 2.05) is 36.0 Å². The van der Waals surface area contributed by atoms with Crippen LogP contribution in [0.15, 0.2) is 39.8 Å². The molecule has 2 heterocycles. The fourth-order valence-electron chi connectivity index (χ4n) is 2.51. The van der Waals surface area contributed by atoms with Gasteiger partial charge in [-0.3, -0.25) is 4.79 Å². The number of carbonyl (C=O) groups is 1. The molecule has 1 fully saturated rings. The van der Waals surface area contributed by atoms with Crippen molar-refractivity contribution in [1.29, 1.82) is 0 Å². The molecule has 3 rings (SSSR count). The number of anilines is 1. The SMILES string of the molecule is CC(=O)NCn1cc(-c2ccc(N3CCSCC3)cc2)c(=O)o1. The van der Waals surface area contributed by atoms with Crippen LogP contribution >= 0.6 is 11.8 Å². The molecule has 122 valence electrons. The van der Waals surface area contributed by atoms with Gasteiger partial charge in [-0.1, -0.05) is 12.1 Å². The van der Waals surface area contributed by atoms with Gasteiger partial charge in [0.1, 0.15) is 6.67 Å². The van der Waals surface area contributed by atoms with E-state index >= 15 is 0 Å². The molecule has 7 heteroatoms. The number of nitrogens with zero attached hydrogens (tertiary/aromatic N) is 2. The molecular formula is C16H19N3O3S. The zero-order valence-corrected chi connectivity index (χ0v) is 13.8. The van der Waals surface area contributed by atoms with E-state index in [0.29, 0.717) is 5.56 Å². The summed E-state index contributed by atoms with van der Waals surface area (Å²) in [7, 11) is 0. The van der Waals surface area contributed by atoms with Gasteiger partial charge in [0.15, 0.2) is 0 Å². The minimum Gasteiger partial charge on any atom is -0.370 e. The van der Waals surface area contributed by atoms with E-state index in [-0.39, 0.29) is 12.6 Å². The molecule has 1 aromatic heterocycles. The van der Waals surface area contributed by atoms with Gasteiger partial charge in [-0.25, -0.2) is 4.79 Å². The van der Waals surface area contributed by atoms with Crippen LogP contribution in [0, 0.1) is 0 Å². The van der Waals surface area contributed by atoms with Gasteiger partial charge < -0.3 is 14.7 Å². The predicted octanol–water partition coefficient (Wildman–Crippen LogP) is 1.76. The molecule has 1 amide bonds. The molecule has 6 nitrogen and oxygen atoms in total. The highest BCUT2D eigenvalue weighted by Crippen LogP contribution is 2.23. The number of rotatable bonds is 4. The van der Waals surface area contributed by atoms with Crippen molar-refractivity contribution in [3.8, 4) is 11.1 Å². The van der Waals surface area contributed by atoms with Gasteiger partial charge in [0.25, 0.3) is 0 Å². The van der Waals surface area contributed by atoms with Gasteiger partial charge in [-0.15, -0.1) is 0 Å². The number of aromatic nitrogens is 1. The predicted molar refractivity (Wildman–Crippen MR) is 91.8 cm³/mol. The van der Waals surface area contributed by atoms with Gasteiger partial charge >= 0.3 is 5.63 Å². The molecule has 0 saturated carbocycles. The van der Waals surface area contributed by atoms with Crippen LogP contribution in [0.25, 0.3) is 11.1 Å². The molecule has 0 spiro atoms. The Morgan fingerprint density at radius 2 is 1.96 bits per heavy atom. The van der Waals surface area contributed by atoms with Crippen molar-refractivity contribution in [2.75, 3.05) is 29.5 Å². The molecule has 23 heavy (non-hydrogen) atoms. The van der Waals surface area contributed by atoms with Gasteiger partial charge in [-0.05, 0) is 17.7 Å². The zero-order chi connectivity index (χ0) is 16.2. The van der Waals surface area contributed by atoms with Crippen molar-refractivity contribution in [3.63, 3.8) is 0 Å². The summed E-state index contributed by atoms with van der Waals surface area (Å²) in [5.74, 6) is 2.13. The first kappa shape index (κ1) is 15.7. The van der Waals surface area contributed by atoms with Crippen molar-refractivity contribution in [3.05, 3.63) is 40.9 Å². The fraction of sp³-hybridized carbons (Fsp3) is 0.375. The second-order valence-electron chi connectivity index (χ2n) is 5.38. The number of benzene rings is 1. The molecule has 0 radical (unpaired) electrons. The topological polar surface area (TPSA) is 67.5 Å². The standard InChI is InChI=1S/C16H19N3O3S/c1-12(20)17-11-19-10-15(16(21)22-19)13-2-4-14(5-3-13)18-6-8-23-9-7-18/h2-5,10H,6-9,11H2,1H3,(H,17,20). The lowest BCUT2D eigenvalue weighted by Crippen LogP contribution is -2.32. The molecule has 0 atom stereocenters. The van der Waals surface area contributed by atoms with Crippen LogP contribution in [0.1, 0.15) is 6.92 Å². The average Bonchev–Trinajstić information content (AvgIpc) is 2.95. The van der Waals surface area contributed by atoms with Crippen molar-refractivity contribution >= 4 is 23.4 Å². The van der Waals surface area contributed by atoms with E-state index in [0.717, 1.165) is 30.2 Å². The van der Waals surface area contributed by atoms with Crippen molar-refractivity contribution in [2.24, 2.45) is 0 Å². The maximum Gasteiger partial charge on any atom is 0.365 e. The number of nitrogens with one attached hydrogen (secondary N) is 1. The monoisotopic (exact) mass is 333 g/mol. The van der Waals surface area contributed by atoms with Crippen molar-refractivity contribution in [2.45, 2.75) is 13.6 Å². The van der Waals surface area contributed by atoms with Crippen molar-refractivity contribution < 1.29 is 9.32 Å². The number of amides is 1. The minimum atomic E-state index is -0.405. The molecule has 1 aliphatic rings. The number of carbonyl (C=O) groups excluding carboxylic acids is 1. The fourth-order valence-corrected chi connectivity index (χ4v) is 3.41. The maximum absolute atomic E-state index is 12.0. The lowest BCUT2D eigenvalue weighted by atomic mass is 10.1. The normalized spacial score (nSPS) is 14.7. The lowest BCUT2D eigenvalue weighted by molar-refractivity contribution is -0.119. The van der Waals surface area contributed by atoms with Gasteiger partial charge in [0, 0.05) is 37.2 Å². The first-order chi connectivity index (χ1) is 11.1. The third-order valence-corrected chi connectivity index (χ3v) is 4.67. The largest absolute Gasteiger partial charge is 0.370 e. The lowest BCUT2D eigenvalue weighted by Gasteiger charge is -2.28. The molecule has 1 aliphatic heterocycles. The molecule has 0 unspecified atom stereocenters. The third-order valence-electron chi connectivity index (χ3n) is 3.73. The van der Waals surface area contributed by atoms with E-state index < -0.39 is 5.63 Å². The first-order valence-corrected chi connectivity index (χ1v) is 8.67. The van der Waals surface area contributed by atoms with Crippen LogP contribution in [-0.4, -0.2) is 35.2 Å². The smallest absolute Gasteiger partial charge is 0.365 e. The molecule has 0 aliphatic carbocycles. The molecule has 1 saturated heterocycles. The summed E-state index contributed by atoms with van der Waals surface area (Å²) in [6.07, 6.45) is 1.62. The molecular weight excluding hydrogens is 314 g/mol. The molecule has 1 aromatic carbocycles. The summed E-state index contributed by atoms with van der Waals surface area (Å²) in [5.41, 5.74) is 2.08. The number of hydrogen-bond donors (Lipinski definition) is 1. The Labute approximate surface area is 138 Å². The minimum absolute atomic E-state index is 0.147. The van der Waals surface area contributed by atoms with E-state index in [2.05, 4.69) is 10.2 Å². The Morgan fingerprint density at radius 1 is 1.26 bits per heavy atom. The number of thioether (sulfide) groups is 1. The van der Waals surface area contributed by atoms with Gasteiger partial charge in [0.05, 0.1) is 11.8 Å². The second-order valence-corrected chi connectivity index (χ2v) is 6.60. The maximum atomic E-state index is 12.0. The average molecular weight is 333 g/mol. The highest BCUT2D eigenvalue weighted by Gasteiger charge is 2.13. The molecule has 2 aromatic rings. The highest BCUT2D eigenvalue weighted by molar-refractivity contribution is 7.99. The Balaban J connectivity index is 1.76. The Kier molecular flexibility index (Phi) is 4.76. The zero-order valence-electron chi connectivity index (χ0n) is 12.9. The Morgan fingerprint density at radius 3 is 2.61 bits per heavy atom. The van der Waals surface area contributed by atoms with Crippen LogP contribution < -0.4 is 15.8 Å². The van der Waals surface area contributed by atoms with E-state index in [9.17, 15) is 9.59 Å². The summed E-state index contributed by atoms with van der Waals surface area (Å²) in [6.45, 7) is 3.67. The quantitative estimate of drug-likeness (QED) is 0.923. The van der Waals surface area contributed by atoms with Crippen LogP contribution in [0.2, 0.25) is 0 Å². The summed E-state index contributed by atoms with van der Waals surface area (Å²) in [4.78, 5) is 25.2. The van der Waals surface area contributed by atoms with E-state index in [4.69, 9.17) is 4.52 Å². The molecule has 1 N–H and O–H groups in total. The second kappa shape index (κ2) is 6.95. The third kappa shape index (κ3) is 3.79. The van der Waals surface area contributed by atoms with Crippen molar-refractivity contribution in [1.82, 2.24) is 10.1 Å². The Bertz CT molecular complexity index is 730. The van der Waals surface area contributed by atoms with Crippen LogP contribution in [0.4, 0.5) is 5.69 Å². The summed E-state index contributed by atoms with van der Waals surface area (Å²) in [5, 5.41) is 2.59. The van der Waals surface area contributed by atoms with Crippen LogP contribution in [0.5, 0.6) is 0 Å². The summed E-state index contributed by atoms with van der Waals surface area (Å²) < 4.78 is 6.43. The summed E-state index contributed by atoms with van der Waals surface area (Å²) >= 11 is 1.98. The Hall–Kier alpha value is -2.15. The first-order valence-electron chi connectivity index (χ1n) is 7.52. The summed E-state index contributed by atoms with van der Waals surface area (Å²) in [6, 6.07) is 7.95. The van der Waals surface area contributed by atoms with E-state index in [1.54, 1.807) is 6.20 Å². The molecule has 0 bridgehead atoms. The van der Waals surface area contributed by atoms with Crippen LogP contribution in [-0.2, 0) is 11.5 Å². The van der Waals surface area contributed by atoms with Gasteiger partial charge in [0.2, 0.25) is 5.91 Å².